The van der Waals surface area contributed by atoms with Gasteiger partial charge in [-0.15, -0.1) is 11.6 Å². The van der Waals surface area contributed by atoms with Crippen LogP contribution in [0.15, 0.2) is 30.3 Å². The fourth-order valence-electron chi connectivity index (χ4n) is 1.05. The second-order valence-electron chi connectivity index (χ2n) is 3.31. The van der Waals surface area contributed by atoms with Gasteiger partial charge >= 0.3 is 0 Å². The Morgan fingerprint density at radius 3 is 2.17 bits per heavy atom. The molecule has 4 heteroatoms. The molecule has 0 spiro atoms. The van der Waals surface area contributed by atoms with E-state index in [2.05, 4.69) is 0 Å². The Morgan fingerprint density at radius 1 is 1.00 bits per heavy atom. The standard InChI is InChI=1S/C10H13ClO2.C4H10O/c11-7-4-8-12-9-13-10-5-2-1-3-6-10;1-3-5-4-2/h1-3,5-6H,4,7-9H2;3-4H2,1-2H3. The van der Waals surface area contributed by atoms with Crippen LogP contribution >= 0.6 is 11.6 Å². The second kappa shape index (κ2) is 14.3. The lowest BCUT2D eigenvalue weighted by atomic mass is 10.3. The summed E-state index contributed by atoms with van der Waals surface area (Å²) < 4.78 is 15.3. The first-order chi connectivity index (χ1) is 8.85. The first-order valence-corrected chi connectivity index (χ1v) is 6.77. The van der Waals surface area contributed by atoms with E-state index in [4.69, 9.17) is 25.8 Å². The number of hydrogen-bond donors (Lipinski definition) is 0. The van der Waals surface area contributed by atoms with Gasteiger partial charge in [-0.2, -0.15) is 0 Å². The monoisotopic (exact) mass is 274 g/mol. The van der Waals surface area contributed by atoms with E-state index < -0.39 is 0 Å². The molecule has 0 bridgehead atoms. The van der Waals surface area contributed by atoms with Crippen molar-refractivity contribution in [3.8, 4) is 5.75 Å². The highest BCUT2D eigenvalue weighted by Gasteiger charge is 1.90. The van der Waals surface area contributed by atoms with Crippen LogP contribution in [0.2, 0.25) is 0 Å². The summed E-state index contributed by atoms with van der Waals surface area (Å²) in [5.41, 5.74) is 0. The Labute approximate surface area is 115 Å². The van der Waals surface area contributed by atoms with E-state index in [0.717, 1.165) is 25.4 Å². The molecule has 0 N–H and O–H groups in total. The number of hydrogen-bond acceptors (Lipinski definition) is 3. The lowest BCUT2D eigenvalue weighted by molar-refractivity contribution is 0.0159. The Morgan fingerprint density at radius 2 is 1.67 bits per heavy atom. The highest BCUT2D eigenvalue weighted by molar-refractivity contribution is 6.17. The highest BCUT2D eigenvalue weighted by Crippen LogP contribution is 2.07. The van der Waals surface area contributed by atoms with Gasteiger partial charge in [0.2, 0.25) is 0 Å². The molecular formula is C14H23ClO3. The molecule has 1 rings (SSSR count). The Bertz CT molecular complexity index is 252. The minimum Gasteiger partial charge on any atom is -0.468 e. The maximum Gasteiger partial charge on any atom is 0.189 e. The number of benzene rings is 1. The van der Waals surface area contributed by atoms with Gasteiger partial charge < -0.3 is 14.2 Å². The molecule has 0 saturated heterocycles. The molecule has 0 heterocycles. The largest absolute Gasteiger partial charge is 0.468 e. The molecule has 1 aromatic rings. The summed E-state index contributed by atoms with van der Waals surface area (Å²) >= 11 is 5.48. The molecule has 0 radical (unpaired) electrons. The third-order valence-electron chi connectivity index (χ3n) is 1.88. The van der Waals surface area contributed by atoms with E-state index in [1.54, 1.807) is 0 Å². The molecule has 0 atom stereocenters. The van der Waals surface area contributed by atoms with Gasteiger partial charge in [0.1, 0.15) is 5.75 Å². The number of halogens is 1. The average molecular weight is 275 g/mol. The molecule has 0 aliphatic heterocycles. The maximum atomic E-state index is 5.48. The van der Waals surface area contributed by atoms with E-state index in [0.29, 0.717) is 19.3 Å². The molecule has 0 fully saturated rings. The summed E-state index contributed by atoms with van der Waals surface area (Å²) in [6, 6.07) is 9.58. The van der Waals surface area contributed by atoms with E-state index in [1.807, 2.05) is 44.2 Å². The first kappa shape index (κ1) is 17.2. The van der Waals surface area contributed by atoms with Crippen molar-refractivity contribution in [1.82, 2.24) is 0 Å². The van der Waals surface area contributed by atoms with Gasteiger partial charge in [-0.3, -0.25) is 0 Å². The predicted molar refractivity (Wildman–Crippen MR) is 75.4 cm³/mol. The van der Waals surface area contributed by atoms with Gasteiger partial charge in [-0.25, -0.2) is 0 Å². The summed E-state index contributed by atoms with van der Waals surface area (Å²) in [6.07, 6.45) is 0.861. The molecule has 0 saturated carbocycles. The zero-order chi connectivity index (χ0) is 13.5. The number of rotatable bonds is 8. The van der Waals surface area contributed by atoms with Crippen LogP contribution < -0.4 is 4.74 Å². The van der Waals surface area contributed by atoms with Crippen molar-refractivity contribution >= 4 is 11.6 Å². The smallest absolute Gasteiger partial charge is 0.189 e. The normalized spacial score (nSPS) is 9.50. The molecule has 0 aliphatic carbocycles. The second-order valence-corrected chi connectivity index (χ2v) is 3.69. The summed E-state index contributed by atoms with van der Waals surface area (Å²) in [7, 11) is 0. The number of ether oxygens (including phenoxy) is 3. The molecular weight excluding hydrogens is 252 g/mol. The van der Waals surface area contributed by atoms with Gasteiger partial charge in [0.15, 0.2) is 6.79 Å². The fourth-order valence-corrected chi connectivity index (χ4v) is 1.16. The van der Waals surface area contributed by atoms with Crippen LogP contribution in [0.3, 0.4) is 0 Å². The Balaban J connectivity index is 0.000000494. The first-order valence-electron chi connectivity index (χ1n) is 6.24. The predicted octanol–water partition coefficient (Wildman–Crippen LogP) is 3.71. The SMILES string of the molecule is CCOCC.ClCCCOCOc1ccccc1. The van der Waals surface area contributed by atoms with Crippen LogP contribution in [-0.4, -0.2) is 32.5 Å². The summed E-state index contributed by atoms with van der Waals surface area (Å²) in [4.78, 5) is 0. The maximum absolute atomic E-state index is 5.48. The molecule has 1 aromatic carbocycles. The topological polar surface area (TPSA) is 27.7 Å². The highest BCUT2D eigenvalue weighted by atomic mass is 35.5. The van der Waals surface area contributed by atoms with Crippen LogP contribution in [0.25, 0.3) is 0 Å². The fraction of sp³-hybridized carbons (Fsp3) is 0.571. The summed E-state index contributed by atoms with van der Waals surface area (Å²) in [5, 5.41) is 0. The van der Waals surface area contributed by atoms with E-state index in [1.165, 1.54) is 0 Å². The average Bonchev–Trinajstić information content (AvgIpc) is 2.41. The van der Waals surface area contributed by atoms with Gasteiger partial charge in [0.25, 0.3) is 0 Å². The van der Waals surface area contributed by atoms with E-state index in [-0.39, 0.29) is 0 Å². The molecule has 0 amide bonds. The van der Waals surface area contributed by atoms with Crippen molar-refractivity contribution in [1.29, 1.82) is 0 Å². The van der Waals surface area contributed by atoms with Crippen molar-refractivity contribution in [2.24, 2.45) is 0 Å². The minimum atomic E-state index is 0.293. The van der Waals surface area contributed by atoms with Gasteiger partial charge in [0.05, 0.1) is 6.61 Å². The molecule has 104 valence electrons. The zero-order valence-electron chi connectivity index (χ0n) is 11.2. The van der Waals surface area contributed by atoms with Crippen LogP contribution in [0.4, 0.5) is 0 Å². The molecule has 18 heavy (non-hydrogen) atoms. The quantitative estimate of drug-likeness (QED) is 0.411. The Kier molecular flexibility index (Phi) is 13.7. The van der Waals surface area contributed by atoms with E-state index >= 15 is 0 Å². The molecule has 3 nitrogen and oxygen atoms in total. The minimum absolute atomic E-state index is 0.293. The zero-order valence-corrected chi connectivity index (χ0v) is 12.0. The Hall–Kier alpha value is -0.770. The van der Waals surface area contributed by atoms with Crippen molar-refractivity contribution in [2.45, 2.75) is 20.3 Å². The van der Waals surface area contributed by atoms with Crippen LogP contribution in [0.1, 0.15) is 20.3 Å². The van der Waals surface area contributed by atoms with Crippen molar-refractivity contribution in [2.75, 3.05) is 32.5 Å². The summed E-state index contributed by atoms with van der Waals surface area (Å²) in [5.74, 6) is 1.46. The van der Waals surface area contributed by atoms with E-state index in [9.17, 15) is 0 Å². The van der Waals surface area contributed by atoms with Gasteiger partial charge in [0, 0.05) is 19.1 Å². The van der Waals surface area contributed by atoms with Crippen LogP contribution in [0.5, 0.6) is 5.75 Å². The van der Waals surface area contributed by atoms with Crippen LogP contribution in [0, 0.1) is 0 Å². The molecule has 0 unspecified atom stereocenters. The lowest BCUT2D eigenvalue weighted by Crippen LogP contribution is -2.04. The van der Waals surface area contributed by atoms with Gasteiger partial charge in [-0.05, 0) is 32.4 Å². The van der Waals surface area contributed by atoms with Crippen molar-refractivity contribution in [3.63, 3.8) is 0 Å². The third-order valence-corrected chi connectivity index (χ3v) is 2.15. The molecule has 0 aromatic heterocycles. The van der Waals surface area contributed by atoms with Crippen LogP contribution in [-0.2, 0) is 9.47 Å². The number of para-hydroxylation sites is 1. The van der Waals surface area contributed by atoms with Crippen molar-refractivity contribution < 1.29 is 14.2 Å². The van der Waals surface area contributed by atoms with Gasteiger partial charge in [-0.1, -0.05) is 18.2 Å². The number of alkyl halides is 1. The third kappa shape index (κ3) is 11.7. The van der Waals surface area contributed by atoms with Crippen molar-refractivity contribution in [3.05, 3.63) is 30.3 Å². The summed E-state index contributed by atoms with van der Waals surface area (Å²) in [6.45, 7) is 6.61. The molecule has 0 aliphatic rings. The lowest BCUT2D eigenvalue weighted by Gasteiger charge is -2.05.